The number of benzene rings is 2. The van der Waals surface area contributed by atoms with Crippen LogP contribution in [0.2, 0.25) is 0 Å². The van der Waals surface area contributed by atoms with Gasteiger partial charge in [-0.2, -0.15) is 0 Å². The summed E-state index contributed by atoms with van der Waals surface area (Å²) in [5.74, 6) is 0.947. The number of hydrogen-bond donors (Lipinski definition) is 1. The Morgan fingerprint density at radius 2 is 1.76 bits per heavy atom. The zero-order valence-electron chi connectivity index (χ0n) is 14.4. The lowest BCUT2D eigenvalue weighted by Crippen LogP contribution is -2.49. The Bertz CT molecular complexity index is 874. The maximum atomic E-state index is 6.75. The Balaban J connectivity index is 1.65. The van der Waals surface area contributed by atoms with Crippen LogP contribution in [0.3, 0.4) is 0 Å². The second kappa shape index (κ2) is 6.34. The minimum absolute atomic E-state index is 0.0739. The number of aromatic nitrogens is 1. The molecule has 0 bridgehead atoms. The number of para-hydroxylation sites is 1. The van der Waals surface area contributed by atoms with E-state index < -0.39 is 5.54 Å². The summed E-state index contributed by atoms with van der Waals surface area (Å²) in [5.41, 5.74) is 10.6. The van der Waals surface area contributed by atoms with E-state index in [1.807, 2.05) is 49.6 Å². The molecule has 0 radical (unpaired) electrons. The first-order chi connectivity index (χ1) is 12.1. The van der Waals surface area contributed by atoms with Crippen LogP contribution in [-0.4, -0.2) is 11.1 Å². The normalized spacial score (nSPS) is 18.7. The highest BCUT2D eigenvalue weighted by Gasteiger charge is 2.36. The van der Waals surface area contributed by atoms with E-state index in [9.17, 15) is 0 Å². The number of hydrogen-bond acceptors (Lipinski definition) is 3. The Morgan fingerprint density at radius 3 is 2.60 bits per heavy atom. The van der Waals surface area contributed by atoms with E-state index in [1.54, 1.807) is 0 Å². The summed E-state index contributed by atoms with van der Waals surface area (Å²) in [6, 6.07) is 20.6. The van der Waals surface area contributed by atoms with E-state index in [-0.39, 0.29) is 6.10 Å². The number of nitrogens with zero attached hydrogens (tertiary/aromatic N) is 1. The Hall–Kier alpha value is -2.65. The van der Waals surface area contributed by atoms with Gasteiger partial charge in [-0.1, -0.05) is 48.5 Å². The minimum Gasteiger partial charge on any atom is -0.488 e. The molecule has 0 amide bonds. The van der Waals surface area contributed by atoms with Crippen LogP contribution in [0.25, 0.3) is 11.1 Å². The van der Waals surface area contributed by atoms with Crippen molar-refractivity contribution in [3.05, 3.63) is 84.2 Å². The largest absolute Gasteiger partial charge is 0.488 e. The molecule has 3 heteroatoms. The van der Waals surface area contributed by atoms with Gasteiger partial charge >= 0.3 is 0 Å². The fraction of sp³-hybridized carbons (Fsp3) is 0.227. The van der Waals surface area contributed by atoms with Gasteiger partial charge in [0.1, 0.15) is 11.9 Å². The van der Waals surface area contributed by atoms with Crippen molar-refractivity contribution < 1.29 is 4.74 Å². The molecule has 2 N–H and O–H groups in total. The maximum Gasteiger partial charge on any atom is 0.123 e. The average Bonchev–Trinajstić information content (AvgIpc) is 2.68. The fourth-order valence-corrected chi connectivity index (χ4v) is 3.46. The summed E-state index contributed by atoms with van der Waals surface area (Å²) in [6.45, 7) is 2.04. The molecule has 2 atom stereocenters. The number of aryl methyl sites for hydroxylation is 1. The highest BCUT2D eigenvalue weighted by atomic mass is 16.5. The van der Waals surface area contributed by atoms with Gasteiger partial charge in [0.05, 0.1) is 5.54 Å². The second-order valence-electron chi connectivity index (χ2n) is 6.86. The van der Waals surface area contributed by atoms with Crippen molar-refractivity contribution in [3.63, 3.8) is 0 Å². The average molecular weight is 330 g/mol. The topological polar surface area (TPSA) is 48.1 Å². The number of rotatable bonds is 3. The van der Waals surface area contributed by atoms with Gasteiger partial charge in [0.25, 0.3) is 0 Å². The monoisotopic (exact) mass is 330 g/mol. The van der Waals surface area contributed by atoms with Gasteiger partial charge in [-0.05, 0) is 48.6 Å². The van der Waals surface area contributed by atoms with Crippen LogP contribution in [0.5, 0.6) is 5.75 Å². The Kier molecular flexibility index (Phi) is 4.02. The third-order valence-corrected chi connectivity index (χ3v) is 5.05. The van der Waals surface area contributed by atoms with Crippen LogP contribution in [0, 0.1) is 0 Å². The highest BCUT2D eigenvalue weighted by molar-refractivity contribution is 5.63. The SMILES string of the molecule is CC(N)(c1cncc(-c2ccccc2)c1)[C@H]1CCc2ccccc2O1. The summed E-state index contributed by atoms with van der Waals surface area (Å²) < 4.78 is 6.24. The van der Waals surface area contributed by atoms with Crippen molar-refractivity contribution in [2.75, 3.05) is 0 Å². The Morgan fingerprint density at radius 1 is 1.00 bits per heavy atom. The third kappa shape index (κ3) is 3.03. The molecular weight excluding hydrogens is 308 g/mol. The van der Waals surface area contributed by atoms with Gasteiger partial charge in [0.15, 0.2) is 0 Å². The predicted molar refractivity (Wildman–Crippen MR) is 100 cm³/mol. The van der Waals surface area contributed by atoms with E-state index in [0.29, 0.717) is 0 Å². The molecule has 2 aromatic carbocycles. The predicted octanol–water partition coefficient (Wildman–Crippen LogP) is 4.32. The van der Waals surface area contributed by atoms with Gasteiger partial charge in [0.2, 0.25) is 0 Å². The van der Waals surface area contributed by atoms with Crippen molar-refractivity contribution in [3.8, 4) is 16.9 Å². The zero-order chi connectivity index (χ0) is 17.3. The molecule has 25 heavy (non-hydrogen) atoms. The van der Waals surface area contributed by atoms with Gasteiger partial charge in [-0.25, -0.2) is 0 Å². The molecule has 126 valence electrons. The maximum absolute atomic E-state index is 6.75. The van der Waals surface area contributed by atoms with Crippen molar-refractivity contribution in [2.24, 2.45) is 5.73 Å². The molecule has 4 rings (SSSR count). The van der Waals surface area contributed by atoms with E-state index in [2.05, 4.69) is 35.3 Å². The molecule has 1 unspecified atom stereocenters. The summed E-state index contributed by atoms with van der Waals surface area (Å²) in [7, 11) is 0. The van der Waals surface area contributed by atoms with E-state index in [4.69, 9.17) is 10.5 Å². The van der Waals surface area contributed by atoms with E-state index in [1.165, 1.54) is 5.56 Å². The van der Waals surface area contributed by atoms with Crippen molar-refractivity contribution in [1.29, 1.82) is 0 Å². The van der Waals surface area contributed by atoms with E-state index in [0.717, 1.165) is 35.3 Å². The molecular formula is C22H22N2O. The number of ether oxygens (including phenoxy) is 1. The zero-order valence-corrected chi connectivity index (χ0v) is 14.4. The van der Waals surface area contributed by atoms with Crippen LogP contribution < -0.4 is 10.5 Å². The van der Waals surface area contributed by atoms with Gasteiger partial charge < -0.3 is 10.5 Å². The number of pyridine rings is 1. The first-order valence-electron chi connectivity index (χ1n) is 8.69. The number of nitrogens with two attached hydrogens (primary N) is 1. The van der Waals surface area contributed by atoms with Crippen LogP contribution in [0.1, 0.15) is 24.5 Å². The smallest absolute Gasteiger partial charge is 0.123 e. The summed E-state index contributed by atoms with van der Waals surface area (Å²) in [5, 5.41) is 0. The van der Waals surface area contributed by atoms with Gasteiger partial charge in [-0.15, -0.1) is 0 Å². The lowest BCUT2D eigenvalue weighted by atomic mass is 9.83. The van der Waals surface area contributed by atoms with Crippen LogP contribution >= 0.6 is 0 Å². The molecule has 1 aromatic heterocycles. The molecule has 3 aromatic rings. The quantitative estimate of drug-likeness (QED) is 0.778. The first kappa shape index (κ1) is 15.9. The minimum atomic E-state index is -0.606. The Labute approximate surface area is 148 Å². The van der Waals surface area contributed by atoms with Gasteiger partial charge in [-0.3, -0.25) is 4.98 Å². The standard InChI is InChI=1S/C22H22N2O/c1-22(23,21-12-11-17-9-5-6-10-20(17)25-21)19-13-18(14-24-15-19)16-7-3-2-4-8-16/h2-10,13-15,21H,11-12,23H2,1H3/t21-,22?/m1/s1. The van der Waals surface area contributed by atoms with Crippen LogP contribution in [0.4, 0.5) is 0 Å². The molecule has 0 saturated carbocycles. The summed E-state index contributed by atoms with van der Waals surface area (Å²) in [4.78, 5) is 4.43. The highest BCUT2D eigenvalue weighted by Crippen LogP contribution is 2.35. The van der Waals surface area contributed by atoms with Crippen molar-refractivity contribution in [1.82, 2.24) is 4.98 Å². The molecule has 0 fully saturated rings. The molecule has 1 aliphatic rings. The molecule has 1 aliphatic heterocycles. The fourth-order valence-electron chi connectivity index (χ4n) is 3.46. The number of fused-ring (bicyclic) bond motifs is 1. The lowest BCUT2D eigenvalue weighted by molar-refractivity contribution is 0.0958. The molecule has 2 heterocycles. The first-order valence-corrected chi connectivity index (χ1v) is 8.69. The molecule has 0 saturated heterocycles. The van der Waals surface area contributed by atoms with Crippen LogP contribution in [-0.2, 0) is 12.0 Å². The second-order valence-corrected chi connectivity index (χ2v) is 6.86. The summed E-state index contributed by atoms with van der Waals surface area (Å²) in [6.07, 6.45) is 5.55. The lowest BCUT2D eigenvalue weighted by Gasteiger charge is -2.38. The van der Waals surface area contributed by atoms with Gasteiger partial charge in [0, 0.05) is 18.0 Å². The van der Waals surface area contributed by atoms with Crippen LogP contribution in [0.15, 0.2) is 73.1 Å². The molecule has 0 spiro atoms. The summed E-state index contributed by atoms with van der Waals surface area (Å²) >= 11 is 0. The van der Waals surface area contributed by atoms with Crippen molar-refractivity contribution in [2.45, 2.75) is 31.4 Å². The van der Waals surface area contributed by atoms with Crippen molar-refractivity contribution >= 4 is 0 Å². The molecule has 3 nitrogen and oxygen atoms in total. The van der Waals surface area contributed by atoms with E-state index >= 15 is 0 Å². The molecule has 0 aliphatic carbocycles. The third-order valence-electron chi connectivity index (χ3n) is 5.05.